The van der Waals surface area contributed by atoms with E-state index in [1.54, 1.807) is 6.92 Å². The lowest BCUT2D eigenvalue weighted by Gasteiger charge is -2.26. The van der Waals surface area contributed by atoms with Crippen LogP contribution in [0.3, 0.4) is 0 Å². The average Bonchev–Trinajstić information content (AvgIpc) is 3.20. The molecule has 26 heavy (non-hydrogen) atoms. The third-order valence-corrected chi connectivity index (χ3v) is 6.11. The second-order valence-electron chi connectivity index (χ2n) is 7.35. The van der Waals surface area contributed by atoms with Crippen molar-refractivity contribution in [1.29, 1.82) is 0 Å². The predicted octanol–water partition coefficient (Wildman–Crippen LogP) is 5.15. The molecule has 2 heterocycles. The Labute approximate surface area is 158 Å². The van der Waals surface area contributed by atoms with E-state index in [0.29, 0.717) is 0 Å². The summed E-state index contributed by atoms with van der Waals surface area (Å²) in [7, 11) is 0. The Balaban J connectivity index is 1.42. The molecule has 1 unspecified atom stereocenters. The highest BCUT2D eigenvalue weighted by molar-refractivity contribution is 7.17. The van der Waals surface area contributed by atoms with Crippen LogP contribution >= 0.6 is 11.3 Å². The van der Waals surface area contributed by atoms with Gasteiger partial charge in [0.15, 0.2) is 5.78 Å². The second kappa shape index (κ2) is 6.86. The van der Waals surface area contributed by atoms with Gasteiger partial charge in [-0.15, -0.1) is 11.3 Å². The van der Waals surface area contributed by atoms with Crippen molar-refractivity contribution in [3.63, 3.8) is 0 Å². The summed E-state index contributed by atoms with van der Waals surface area (Å²) in [5, 5.41) is 3.65. The second-order valence-corrected chi connectivity index (χ2v) is 8.26. The predicted molar refractivity (Wildman–Crippen MR) is 107 cm³/mol. The molecule has 0 radical (unpaired) electrons. The number of ketones is 1. The lowest BCUT2D eigenvalue weighted by Crippen LogP contribution is -2.35. The summed E-state index contributed by atoms with van der Waals surface area (Å²) in [6.07, 6.45) is 1.00. The Bertz CT molecular complexity index is 931. The molecule has 0 amide bonds. The maximum absolute atomic E-state index is 11.4. The molecule has 4 rings (SSSR count). The first-order chi connectivity index (χ1) is 12.5. The molecule has 1 saturated heterocycles. The smallest absolute Gasteiger partial charge is 0.159 e. The van der Waals surface area contributed by atoms with Crippen molar-refractivity contribution < 1.29 is 9.53 Å². The van der Waals surface area contributed by atoms with E-state index < -0.39 is 0 Å². The number of likely N-dealkylation sites (tertiary alicyclic amines) is 1. The molecule has 134 valence electrons. The SMILES string of the molecule is CC(=O)c1ccc(OC2(C)CCN(Cc3csc4ccccc34)C2)cc1. The fraction of sp³-hybridized carbons (Fsp3) is 0.318. The van der Waals surface area contributed by atoms with Crippen molar-refractivity contribution >= 4 is 27.2 Å². The average molecular weight is 365 g/mol. The van der Waals surface area contributed by atoms with Crippen LogP contribution in [0.1, 0.15) is 36.2 Å². The highest BCUT2D eigenvalue weighted by Crippen LogP contribution is 2.31. The van der Waals surface area contributed by atoms with Gasteiger partial charge in [0.25, 0.3) is 0 Å². The van der Waals surface area contributed by atoms with Crippen LogP contribution < -0.4 is 4.74 Å². The number of fused-ring (bicyclic) bond motifs is 1. The minimum Gasteiger partial charge on any atom is -0.486 e. The van der Waals surface area contributed by atoms with Crippen LogP contribution in [0.5, 0.6) is 5.75 Å². The number of hydrogen-bond donors (Lipinski definition) is 0. The largest absolute Gasteiger partial charge is 0.486 e. The van der Waals surface area contributed by atoms with Gasteiger partial charge >= 0.3 is 0 Å². The van der Waals surface area contributed by atoms with Crippen molar-refractivity contribution in [1.82, 2.24) is 4.90 Å². The van der Waals surface area contributed by atoms with Crippen molar-refractivity contribution in [3.05, 3.63) is 65.0 Å². The number of carbonyl (C=O) groups is 1. The molecule has 4 heteroatoms. The molecule has 1 fully saturated rings. The topological polar surface area (TPSA) is 29.5 Å². The van der Waals surface area contributed by atoms with Gasteiger partial charge in [-0.25, -0.2) is 0 Å². The Morgan fingerprint density at radius 1 is 1.19 bits per heavy atom. The molecule has 1 aliphatic heterocycles. The van der Waals surface area contributed by atoms with E-state index in [0.717, 1.165) is 37.4 Å². The zero-order chi connectivity index (χ0) is 18.1. The van der Waals surface area contributed by atoms with Gasteiger partial charge < -0.3 is 4.74 Å². The van der Waals surface area contributed by atoms with E-state index in [1.807, 2.05) is 35.6 Å². The fourth-order valence-electron chi connectivity index (χ4n) is 3.68. The first-order valence-electron chi connectivity index (χ1n) is 9.00. The number of ether oxygens (including phenoxy) is 1. The van der Waals surface area contributed by atoms with Crippen LogP contribution in [0.2, 0.25) is 0 Å². The molecule has 1 aliphatic rings. The molecular formula is C22H23NO2S. The maximum Gasteiger partial charge on any atom is 0.159 e. The van der Waals surface area contributed by atoms with E-state index in [9.17, 15) is 4.79 Å². The van der Waals surface area contributed by atoms with E-state index in [1.165, 1.54) is 15.6 Å². The molecule has 0 bridgehead atoms. The number of rotatable bonds is 5. The number of benzene rings is 2. The Morgan fingerprint density at radius 2 is 1.96 bits per heavy atom. The minimum atomic E-state index is -0.191. The number of nitrogens with zero attached hydrogens (tertiary/aromatic N) is 1. The van der Waals surface area contributed by atoms with Crippen molar-refractivity contribution in [2.45, 2.75) is 32.4 Å². The standard InChI is InChI=1S/C22H23NO2S/c1-16(24)17-7-9-19(10-8-17)25-22(2)11-12-23(15-22)13-18-14-26-21-6-4-3-5-20(18)21/h3-10,14H,11-13,15H2,1-2H3. The summed E-state index contributed by atoms with van der Waals surface area (Å²) in [5.74, 6) is 0.915. The molecule has 0 saturated carbocycles. The number of carbonyl (C=O) groups excluding carboxylic acids is 1. The van der Waals surface area contributed by atoms with E-state index >= 15 is 0 Å². The molecule has 3 nitrogen and oxygen atoms in total. The summed E-state index contributed by atoms with van der Waals surface area (Å²) < 4.78 is 7.64. The monoisotopic (exact) mass is 365 g/mol. The quantitative estimate of drug-likeness (QED) is 0.586. The van der Waals surface area contributed by atoms with Crippen molar-refractivity contribution in [2.24, 2.45) is 0 Å². The normalized spacial score (nSPS) is 20.5. The van der Waals surface area contributed by atoms with Crippen LogP contribution in [0.25, 0.3) is 10.1 Å². The molecule has 0 aliphatic carbocycles. The highest BCUT2D eigenvalue weighted by atomic mass is 32.1. The van der Waals surface area contributed by atoms with Gasteiger partial charge in [0, 0.05) is 36.3 Å². The van der Waals surface area contributed by atoms with Gasteiger partial charge in [0.2, 0.25) is 0 Å². The summed E-state index contributed by atoms with van der Waals surface area (Å²) in [6.45, 7) is 6.67. The highest BCUT2D eigenvalue weighted by Gasteiger charge is 2.36. The van der Waals surface area contributed by atoms with Crippen LogP contribution in [0.4, 0.5) is 0 Å². The van der Waals surface area contributed by atoms with Gasteiger partial charge in [0.1, 0.15) is 11.4 Å². The molecule has 3 aromatic rings. The molecular weight excluding hydrogens is 342 g/mol. The van der Waals surface area contributed by atoms with Crippen molar-refractivity contribution in [2.75, 3.05) is 13.1 Å². The van der Waals surface area contributed by atoms with Gasteiger partial charge in [-0.1, -0.05) is 18.2 Å². The first kappa shape index (κ1) is 17.3. The lowest BCUT2D eigenvalue weighted by atomic mass is 10.1. The van der Waals surface area contributed by atoms with Crippen LogP contribution in [0.15, 0.2) is 53.9 Å². The van der Waals surface area contributed by atoms with Gasteiger partial charge in [-0.3, -0.25) is 9.69 Å². The molecule has 2 aromatic carbocycles. The third-order valence-electron chi connectivity index (χ3n) is 5.10. The van der Waals surface area contributed by atoms with Gasteiger partial charge in [0.05, 0.1) is 0 Å². The van der Waals surface area contributed by atoms with E-state index in [2.05, 4.69) is 41.5 Å². The number of hydrogen-bond acceptors (Lipinski definition) is 4. The summed E-state index contributed by atoms with van der Waals surface area (Å²) in [6, 6.07) is 16.1. The lowest BCUT2D eigenvalue weighted by molar-refractivity contribution is 0.0951. The van der Waals surface area contributed by atoms with Crippen LogP contribution in [-0.4, -0.2) is 29.4 Å². The molecule has 1 aromatic heterocycles. The van der Waals surface area contributed by atoms with Gasteiger partial charge in [-0.2, -0.15) is 0 Å². The van der Waals surface area contributed by atoms with E-state index in [4.69, 9.17) is 4.74 Å². The molecule has 1 atom stereocenters. The zero-order valence-electron chi connectivity index (χ0n) is 15.2. The van der Waals surface area contributed by atoms with E-state index in [-0.39, 0.29) is 11.4 Å². The number of thiophene rings is 1. The number of Topliss-reactive ketones (excluding diaryl/α,β-unsaturated/α-hetero) is 1. The Kier molecular flexibility index (Phi) is 4.55. The summed E-state index contributed by atoms with van der Waals surface area (Å²) in [4.78, 5) is 13.9. The van der Waals surface area contributed by atoms with Crippen LogP contribution in [-0.2, 0) is 6.54 Å². The summed E-state index contributed by atoms with van der Waals surface area (Å²) in [5.41, 5.74) is 1.93. The zero-order valence-corrected chi connectivity index (χ0v) is 16.0. The Morgan fingerprint density at radius 3 is 2.73 bits per heavy atom. The molecule has 0 spiro atoms. The maximum atomic E-state index is 11.4. The first-order valence-corrected chi connectivity index (χ1v) is 9.88. The third kappa shape index (κ3) is 3.53. The fourth-order valence-corrected chi connectivity index (χ4v) is 4.64. The summed E-state index contributed by atoms with van der Waals surface area (Å²) >= 11 is 1.82. The Hall–Kier alpha value is -2.17. The molecule has 0 N–H and O–H groups in total. The minimum absolute atomic E-state index is 0.0813. The van der Waals surface area contributed by atoms with Crippen LogP contribution in [0, 0.1) is 0 Å². The van der Waals surface area contributed by atoms with Crippen molar-refractivity contribution in [3.8, 4) is 5.75 Å². The van der Waals surface area contributed by atoms with Gasteiger partial charge in [-0.05, 0) is 60.5 Å².